The second-order valence-corrected chi connectivity index (χ2v) is 3.25. The van der Waals surface area contributed by atoms with Gasteiger partial charge in [-0.15, -0.1) is 0 Å². The lowest BCUT2D eigenvalue weighted by Gasteiger charge is -2.12. The van der Waals surface area contributed by atoms with Gasteiger partial charge >= 0.3 is 0 Å². The van der Waals surface area contributed by atoms with E-state index < -0.39 is 11.9 Å². The molecule has 0 fully saturated rings. The number of hydrogen-bond acceptors (Lipinski definition) is 2. The molecule has 14 heavy (non-hydrogen) atoms. The van der Waals surface area contributed by atoms with E-state index in [0.29, 0.717) is 17.2 Å². The Hall–Kier alpha value is -0.640. The summed E-state index contributed by atoms with van der Waals surface area (Å²) in [6, 6.07) is 3.88. The van der Waals surface area contributed by atoms with Crippen LogP contribution in [0.25, 0.3) is 0 Å². The van der Waals surface area contributed by atoms with Gasteiger partial charge in [0.2, 0.25) is 0 Å². The van der Waals surface area contributed by atoms with Gasteiger partial charge in [-0.05, 0) is 25.1 Å². The van der Waals surface area contributed by atoms with Crippen molar-refractivity contribution in [3.63, 3.8) is 0 Å². The van der Waals surface area contributed by atoms with Gasteiger partial charge in [-0.1, -0.05) is 11.6 Å². The summed E-state index contributed by atoms with van der Waals surface area (Å²) >= 11 is 5.79. The van der Waals surface area contributed by atoms with E-state index >= 15 is 0 Å². The Kier molecular flexibility index (Phi) is 4.32. The van der Waals surface area contributed by atoms with Gasteiger partial charge in [0.15, 0.2) is 0 Å². The zero-order valence-corrected chi connectivity index (χ0v) is 8.59. The Balaban J connectivity index is 2.77. The average Bonchev–Trinajstić information content (AvgIpc) is 2.18. The molecule has 0 heterocycles. The van der Waals surface area contributed by atoms with E-state index in [2.05, 4.69) is 0 Å². The van der Waals surface area contributed by atoms with E-state index in [1.165, 1.54) is 18.2 Å². The van der Waals surface area contributed by atoms with Crippen molar-refractivity contribution < 1.29 is 14.2 Å². The first-order chi connectivity index (χ1) is 6.65. The molecule has 0 bridgehead atoms. The van der Waals surface area contributed by atoms with Crippen LogP contribution in [0.5, 0.6) is 0 Å². The van der Waals surface area contributed by atoms with Crippen molar-refractivity contribution in [1.29, 1.82) is 0 Å². The molecule has 0 aromatic heterocycles. The van der Waals surface area contributed by atoms with E-state index in [4.69, 9.17) is 16.3 Å². The van der Waals surface area contributed by atoms with Crippen molar-refractivity contribution in [1.82, 2.24) is 0 Å². The zero-order chi connectivity index (χ0) is 10.6. The van der Waals surface area contributed by atoms with E-state index in [9.17, 15) is 9.50 Å². The minimum atomic E-state index is -0.877. The summed E-state index contributed by atoms with van der Waals surface area (Å²) in [6.45, 7) is 2.45. The quantitative estimate of drug-likeness (QED) is 0.842. The summed E-state index contributed by atoms with van der Waals surface area (Å²) in [7, 11) is 0. The molecule has 0 amide bonds. The van der Waals surface area contributed by atoms with Gasteiger partial charge in [0.25, 0.3) is 0 Å². The van der Waals surface area contributed by atoms with Gasteiger partial charge in [0.05, 0.1) is 6.61 Å². The van der Waals surface area contributed by atoms with Crippen LogP contribution < -0.4 is 0 Å². The van der Waals surface area contributed by atoms with E-state index in [0.717, 1.165) is 0 Å². The third kappa shape index (κ3) is 2.94. The Morgan fingerprint density at radius 3 is 2.93 bits per heavy atom. The van der Waals surface area contributed by atoms with E-state index in [1.54, 1.807) is 0 Å². The molecule has 2 nitrogen and oxygen atoms in total. The topological polar surface area (TPSA) is 29.5 Å². The summed E-state index contributed by atoms with van der Waals surface area (Å²) in [6.07, 6.45) is -0.877. The maximum Gasteiger partial charge on any atom is 0.123 e. The van der Waals surface area contributed by atoms with Gasteiger partial charge < -0.3 is 9.84 Å². The van der Waals surface area contributed by atoms with E-state index in [-0.39, 0.29) is 6.61 Å². The van der Waals surface area contributed by atoms with Gasteiger partial charge in [0, 0.05) is 17.2 Å². The predicted octanol–water partition coefficient (Wildman–Crippen LogP) is 2.55. The number of benzene rings is 1. The molecule has 1 unspecified atom stereocenters. The zero-order valence-electron chi connectivity index (χ0n) is 7.84. The van der Waals surface area contributed by atoms with Crippen LogP contribution >= 0.6 is 11.6 Å². The molecule has 0 radical (unpaired) electrons. The number of aliphatic hydroxyl groups excluding tert-OH is 1. The van der Waals surface area contributed by atoms with Crippen LogP contribution in [0.4, 0.5) is 4.39 Å². The average molecular weight is 219 g/mol. The lowest BCUT2D eigenvalue weighted by Crippen LogP contribution is -2.07. The highest BCUT2D eigenvalue weighted by Gasteiger charge is 2.12. The Morgan fingerprint density at radius 2 is 2.29 bits per heavy atom. The van der Waals surface area contributed by atoms with Gasteiger partial charge in [-0.25, -0.2) is 4.39 Å². The second-order valence-electron chi connectivity index (χ2n) is 2.84. The lowest BCUT2D eigenvalue weighted by molar-refractivity contribution is 0.0419. The van der Waals surface area contributed by atoms with Gasteiger partial charge in [-0.3, -0.25) is 0 Å². The highest BCUT2D eigenvalue weighted by molar-refractivity contribution is 6.31. The first kappa shape index (κ1) is 11.4. The monoisotopic (exact) mass is 218 g/mol. The Labute approximate surface area is 87.3 Å². The van der Waals surface area contributed by atoms with Crippen LogP contribution in [-0.4, -0.2) is 18.3 Å². The second kappa shape index (κ2) is 5.29. The Morgan fingerprint density at radius 1 is 1.57 bits per heavy atom. The fraction of sp³-hybridized carbons (Fsp3) is 0.400. The fourth-order valence-electron chi connectivity index (χ4n) is 1.09. The molecule has 1 N–H and O–H groups in total. The molecule has 0 aliphatic rings. The highest BCUT2D eigenvalue weighted by Crippen LogP contribution is 2.23. The number of aliphatic hydroxyl groups is 1. The minimum Gasteiger partial charge on any atom is -0.386 e. The summed E-state index contributed by atoms with van der Waals surface area (Å²) in [5, 5.41) is 9.93. The minimum absolute atomic E-state index is 0.125. The van der Waals surface area contributed by atoms with Crippen molar-refractivity contribution in [3.05, 3.63) is 34.6 Å². The van der Waals surface area contributed by atoms with E-state index in [1.807, 2.05) is 6.92 Å². The molecule has 1 atom stereocenters. The van der Waals surface area contributed by atoms with Crippen LogP contribution in [0, 0.1) is 5.82 Å². The molecular formula is C10H12ClFO2. The van der Waals surface area contributed by atoms with Crippen LogP contribution in [0.1, 0.15) is 18.6 Å². The highest BCUT2D eigenvalue weighted by atomic mass is 35.5. The predicted molar refractivity (Wildman–Crippen MR) is 52.9 cm³/mol. The molecule has 4 heteroatoms. The number of halogens is 2. The van der Waals surface area contributed by atoms with Crippen molar-refractivity contribution in [2.45, 2.75) is 13.0 Å². The molecule has 1 aromatic rings. The van der Waals surface area contributed by atoms with Crippen LogP contribution in [-0.2, 0) is 4.74 Å². The molecule has 0 saturated carbocycles. The van der Waals surface area contributed by atoms with Gasteiger partial charge in [-0.2, -0.15) is 0 Å². The molecule has 1 rings (SSSR count). The molecular weight excluding hydrogens is 207 g/mol. The molecule has 0 aliphatic heterocycles. The maximum absolute atomic E-state index is 12.8. The summed E-state index contributed by atoms with van der Waals surface area (Å²) in [4.78, 5) is 0. The lowest BCUT2D eigenvalue weighted by atomic mass is 10.1. The number of rotatable bonds is 4. The molecule has 78 valence electrons. The molecule has 1 aromatic carbocycles. The van der Waals surface area contributed by atoms with Gasteiger partial charge in [0.1, 0.15) is 11.9 Å². The first-order valence-corrected chi connectivity index (χ1v) is 4.73. The van der Waals surface area contributed by atoms with Crippen molar-refractivity contribution in [2.24, 2.45) is 0 Å². The van der Waals surface area contributed by atoms with Crippen LogP contribution in [0.3, 0.4) is 0 Å². The third-order valence-electron chi connectivity index (χ3n) is 1.80. The smallest absolute Gasteiger partial charge is 0.123 e. The largest absolute Gasteiger partial charge is 0.386 e. The van der Waals surface area contributed by atoms with Crippen LogP contribution in [0.2, 0.25) is 5.02 Å². The standard InChI is InChI=1S/C10H12ClFO2/c1-2-14-6-10(13)8-5-7(12)3-4-9(8)11/h3-5,10,13H,2,6H2,1H3. The molecule has 0 spiro atoms. The summed E-state index contributed by atoms with van der Waals surface area (Å²) in [5.41, 5.74) is 0.361. The summed E-state index contributed by atoms with van der Waals surface area (Å²) < 4.78 is 17.8. The summed E-state index contributed by atoms with van der Waals surface area (Å²) in [5.74, 6) is -0.417. The van der Waals surface area contributed by atoms with Crippen molar-refractivity contribution >= 4 is 11.6 Å². The fourth-order valence-corrected chi connectivity index (χ4v) is 1.33. The maximum atomic E-state index is 12.8. The SMILES string of the molecule is CCOCC(O)c1cc(F)ccc1Cl. The van der Waals surface area contributed by atoms with Crippen molar-refractivity contribution in [2.75, 3.05) is 13.2 Å². The van der Waals surface area contributed by atoms with Crippen molar-refractivity contribution in [3.8, 4) is 0 Å². The number of hydrogen-bond donors (Lipinski definition) is 1. The third-order valence-corrected chi connectivity index (χ3v) is 2.14. The van der Waals surface area contributed by atoms with Crippen LogP contribution in [0.15, 0.2) is 18.2 Å². The normalized spacial score (nSPS) is 12.9. The Bertz CT molecular complexity index is 304. The molecule has 0 aliphatic carbocycles. The molecule has 0 saturated heterocycles. The number of ether oxygens (including phenoxy) is 1. The first-order valence-electron chi connectivity index (χ1n) is 4.36.